The Morgan fingerprint density at radius 3 is 1.91 bits per heavy atom. The van der Waals surface area contributed by atoms with Crippen molar-refractivity contribution in [2.24, 2.45) is 0 Å². The van der Waals surface area contributed by atoms with Crippen LogP contribution >= 0.6 is 0 Å². The van der Waals surface area contributed by atoms with Crippen molar-refractivity contribution in [2.45, 2.75) is 12.5 Å². The van der Waals surface area contributed by atoms with E-state index in [9.17, 15) is 14.7 Å². The van der Waals surface area contributed by atoms with Gasteiger partial charge in [-0.2, -0.15) is 0 Å². The number of quaternary nitrogens is 1. The highest BCUT2D eigenvalue weighted by Gasteiger charge is 2.18. The third-order valence-corrected chi connectivity index (χ3v) is 6.31. The fraction of sp³-hybridized carbons (Fsp3) is 0.212. The molecule has 43 heavy (non-hydrogen) atoms. The number of carbonyl (C=O) groups is 2. The molecule has 0 bridgehead atoms. The largest absolute Gasteiger partial charge is 1.00 e. The van der Waals surface area contributed by atoms with Gasteiger partial charge < -0.3 is 46.5 Å². The minimum absolute atomic E-state index is 0. The zero-order valence-corrected chi connectivity index (χ0v) is 24.7. The maximum absolute atomic E-state index is 12.8. The van der Waals surface area contributed by atoms with E-state index in [0.29, 0.717) is 34.9 Å². The van der Waals surface area contributed by atoms with Crippen molar-refractivity contribution in [2.75, 3.05) is 33.9 Å². The van der Waals surface area contributed by atoms with Crippen LogP contribution in [0, 0.1) is 0 Å². The van der Waals surface area contributed by atoms with Gasteiger partial charge in [0.15, 0.2) is 23.0 Å². The maximum atomic E-state index is 12.8. The minimum Gasteiger partial charge on any atom is -1.00 e. The van der Waals surface area contributed by atoms with Gasteiger partial charge in [0.2, 0.25) is 0 Å². The van der Waals surface area contributed by atoms with Crippen LogP contribution in [0.3, 0.4) is 0 Å². The zero-order valence-electron chi connectivity index (χ0n) is 23.9. The highest BCUT2D eigenvalue weighted by Crippen LogP contribution is 2.33. The first-order valence-corrected chi connectivity index (χ1v) is 13.5. The van der Waals surface area contributed by atoms with Gasteiger partial charge in [-0.3, -0.25) is 0 Å². The van der Waals surface area contributed by atoms with Crippen LogP contribution in [0.4, 0.5) is 0 Å². The van der Waals surface area contributed by atoms with E-state index in [2.05, 4.69) is 0 Å². The molecular formula is C33H34ClNO8. The molecule has 0 radical (unpaired) electrons. The van der Waals surface area contributed by atoms with Gasteiger partial charge in [-0.25, -0.2) is 9.59 Å². The normalized spacial score (nSPS) is 11.0. The highest BCUT2D eigenvalue weighted by molar-refractivity contribution is 5.93. The lowest BCUT2D eigenvalue weighted by molar-refractivity contribution is -0.660. The molecule has 0 aliphatic heterocycles. The highest BCUT2D eigenvalue weighted by atomic mass is 35.5. The number of halogens is 1. The first kappa shape index (κ1) is 32.9. The van der Waals surface area contributed by atoms with Crippen molar-refractivity contribution in [1.82, 2.24) is 0 Å². The molecule has 0 saturated carbocycles. The summed E-state index contributed by atoms with van der Waals surface area (Å²) in [6.07, 6.45) is 0.0362. The number of hydrogen-bond acceptors (Lipinski definition) is 8. The number of hydrogen-bond donors (Lipinski definition) is 2. The van der Waals surface area contributed by atoms with Crippen molar-refractivity contribution >= 4 is 11.9 Å². The predicted octanol–water partition coefficient (Wildman–Crippen LogP) is 0.692. The minimum atomic E-state index is -0.749. The monoisotopic (exact) mass is 607 g/mol. The van der Waals surface area contributed by atoms with Crippen LogP contribution in [0.25, 0.3) is 0 Å². The topological polar surface area (TPSA) is 117 Å². The summed E-state index contributed by atoms with van der Waals surface area (Å²) < 4.78 is 27.5. The molecular weight excluding hydrogens is 574 g/mol. The summed E-state index contributed by atoms with van der Waals surface area (Å²) in [4.78, 5) is 25.4. The van der Waals surface area contributed by atoms with E-state index in [1.165, 1.54) is 12.1 Å². The van der Waals surface area contributed by atoms with Crippen LogP contribution in [0.1, 0.15) is 26.3 Å². The Bertz CT molecular complexity index is 1470. The average molecular weight is 608 g/mol. The quantitative estimate of drug-likeness (QED) is 0.122. The van der Waals surface area contributed by atoms with Gasteiger partial charge in [0.25, 0.3) is 0 Å². The molecule has 0 heterocycles. The number of esters is 2. The third-order valence-electron chi connectivity index (χ3n) is 6.31. The molecule has 1 atom stereocenters. The second-order valence-corrected chi connectivity index (χ2v) is 9.34. The van der Waals surface area contributed by atoms with Gasteiger partial charge >= 0.3 is 11.9 Å². The number of methoxy groups -OCH3 is 2. The van der Waals surface area contributed by atoms with Crippen molar-refractivity contribution < 1.29 is 56.1 Å². The molecule has 0 aliphatic rings. The smallest absolute Gasteiger partial charge is 0.343 e. The molecule has 4 aromatic carbocycles. The Balaban J connectivity index is 0.00000506. The van der Waals surface area contributed by atoms with Crippen LogP contribution in [0.2, 0.25) is 0 Å². The Kier molecular flexibility index (Phi) is 12.8. The van der Waals surface area contributed by atoms with Crippen LogP contribution in [0.5, 0.6) is 28.7 Å². The lowest BCUT2D eigenvalue weighted by atomic mass is 10.1. The lowest BCUT2D eigenvalue weighted by Gasteiger charge is -2.15. The molecule has 9 nitrogen and oxygen atoms in total. The molecule has 0 spiro atoms. The van der Waals surface area contributed by atoms with Crippen molar-refractivity contribution in [3.8, 4) is 28.7 Å². The molecule has 0 aromatic heterocycles. The van der Waals surface area contributed by atoms with Crippen LogP contribution < -0.4 is 41.4 Å². The summed E-state index contributed by atoms with van der Waals surface area (Å²) in [5, 5.41) is 12.5. The van der Waals surface area contributed by atoms with Gasteiger partial charge in [0.05, 0.1) is 31.9 Å². The van der Waals surface area contributed by atoms with Crippen LogP contribution in [-0.2, 0) is 6.42 Å². The standard InChI is InChI=1S/C33H33NO8.ClH/c1-38-28-15-13-23(19-30(28)39-2)17-18-34-21-26(35)22-40-27-14-16-29(41-32(36)24-9-5-3-6-10-24)31(20-27)42-33(37)25-11-7-4-8-12-25;/h3-16,19-20,26,34-35H,17-18,21-22H2,1-2H3;1H. The number of carbonyl (C=O) groups excluding carboxylic acids is 2. The van der Waals surface area contributed by atoms with Crippen molar-refractivity contribution in [1.29, 1.82) is 0 Å². The first-order chi connectivity index (χ1) is 20.5. The van der Waals surface area contributed by atoms with Crippen LogP contribution in [0.15, 0.2) is 97.1 Å². The summed E-state index contributed by atoms with van der Waals surface area (Å²) in [6.45, 7) is 1.20. The van der Waals surface area contributed by atoms with Gasteiger partial charge in [-0.05, 0) is 54.1 Å². The second-order valence-electron chi connectivity index (χ2n) is 9.34. The molecule has 4 aromatic rings. The van der Waals surface area contributed by atoms with E-state index in [4.69, 9.17) is 23.7 Å². The number of aliphatic hydroxyl groups is 1. The fourth-order valence-corrected chi connectivity index (χ4v) is 4.08. The molecule has 1 unspecified atom stereocenters. The zero-order chi connectivity index (χ0) is 29.7. The Morgan fingerprint density at radius 2 is 1.30 bits per heavy atom. The molecule has 4 rings (SSSR count). The summed E-state index contributed by atoms with van der Waals surface area (Å²) in [5.74, 6) is 0.561. The van der Waals surface area contributed by atoms with E-state index in [1.807, 2.05) is 23.5 Å². The van der Waals surface area contributed by atoms with Crippen molar-refractivity contribution in [3.63, 3.8) is 0 Å². The van der Waals surface area contributed by atoms with Gasteiger partial charge in [0, 0.05) is 12.5 Å². The molecule has 0 amide bonds. The number of nitrogens with two attached hydrogens (primary N) is 1. The fourth-order valence-electron chi connectivity index (χ4n) is 4.08. The molecule has 3 N–H and O–H groups in total. The molecule has 0 aliphatic carbocycles. The van der Waals surface area contributed by atoms with Gasteiger partial charge in [-0.1, -0.05) is 42.5 Å². The molecule has 10 heteroatoms. The van der Waals surface area contributed by atoms with E-state index < -0.39 is 18.0 Å². The number of ether oxygens (including phenoxy) is 5. The van der Waals surface area contributed by atoms with E-state index >= 15 is 0 Å². The predicted molar refractivity (Wildman–Crippen MR) is 156 cm³/mol. The maximum Gasteiger partial charge on any atom is 0.343 e. The summed E-state index contributed by atoms with van der Waals surface area (Å²) in [6, 6.07) is 27.3. The summed E-state index contributed by atoms with van der Waals surface area (Å²) >= 11 is 0. The first-order valence-electron chi connectivity index (χ1n) is 13.5. The molecule has 226 valence electrons. The second kappa shape index (κ2) is 16.8. The Morgan fingerprint density at radius 1 is 0.721 bits per heavy atom. The number of rotatable bonds is 14. The number of aliphatic hydroxyl groups excluding tert-OH is 1. The van der Waals surface area contributed by atoms with Gasteiger partial charge in [0.1, 0.15) is 25.0 Å². The van der Waals surface area contributed by atoms with Crippen molar-refractivity contribution in [3.05, 3.63) is 114 Å². The third kappa shape index (κ3) is 9.75. The SMILES string of the molecule is COc1ccc(CC[NH2+]CC(O)COc2ccc(OC(=O)c3ccccc3)c(OC(=O)c3ccccc3)c2)cc1OC.[Cl-]. The van der Waals surface area contributed by atoms with E-state index in [1.54, 1.807) is 80.9 Å². The molecule has 0 fully saturated rings. The molecule has 0 saturated heterocycles. The summed E-state index contributed by atoms with van der Waals surface area (Å²) in [5.41, 5.74) is 1.78. The Hall–Kier alpha value is -4.57. The van der Waals surface area contributed by atoms with E-state index in [-0.39, 0.29) is 30.5 Å². The van der Waals surface area contributed by atoms with Gasteiger partial charge in [-0.15, -0.1) is 0 Å². The van der Waals surface area contributed by atoms with E-state index in [0.717, 1.165) is 18.5 Å². The Labute approximate surface area is 256 Å². The average Bonchev–Trinajstić information content (AvgIpc) is 3.03. The van der Waals surface area contributed by atoms with Crippen LogP contribution in [-0.4, -0.2) is 57.1 Å². The number of benzene rings is 4. The summed E-state index contributed by atoms with van der Waals surface area (Å²) in [7, 11) is 3.20. The lowest BCUT2D eigenvalue weighted by Crippen LogP contribution is -3.00.